The number of nitrogens with two attached hydrogens (primary N) is 1. The Kier molecular flexibility index (Phi) is 15.1. The summed E-state index contributed by atoms with van der Waals surface area (Å²) in [6.07, 6.45) is 3.60. The SMILES string of the molecule is C=C(S/C(C)=C\C)C(C)N.CCC.O=CNc1ccc([N+](=O)[O-])cc1F. The van der Waals surface area contributed by atoms with Crippen LogP contribution in [0.2, 0.25) is 0 Å². The first-order valence-electron chi connectivity index (χ1n) is 8.03. The maximum atomic E-state index is 12.9. The molecule has 3 N–H and O–H groups in total. The standard InChI is InChI=1S/C8H15NS.C7H5FN2O3.C3H8/c1-5-6(2)10-8(4)7(3)9;8-6-3-5(10(12)13)1-2-7(6)9-4-11;1-3-2/h5,7H,4,9H2,1-3H3;1-4H,(H,9,11);3H2,1-2H3/b6-5-;;. The van der Waals surface area contributed by atoms with Gasteiger partial charge in [0.2, 0.25) is 6.41 Å². The van der Waals surface area contributed by atoms with Gasteiger partial charge < -0.3 is 11.1 Å². The lowest BCUT2D eigenvalue weighted by atomic mass is 10.3. The van der Waals surface area contributed by atoms with E-state index >= 15 is 0 Å². The Bertz CT molecular complexity index is 620. The molecule has 0 aromatic heterocycles. The molecule has 1 amide bonds. The number of benzene rings is 1. The van der Waals surface area contributed by atoms with E-state index in [1.807, 2.05) is 13.8 Å². The molecule has 1 rings (SSSR count). The number of allylic oxidation sites excluding steroid dienone is 2. The van der Waals surface area contributed by atoms with Gasteiger partial charge in [0.1, 0.15) is 0 Å². The fraction of sp³-hybridized carbons (Fsp3) is 0.389. The van der Waals surface area contributed by atoms with Gasteiger partial charge in [0.25, 0.3) is 5.69 Å². The minimum Gasteiger partial charge on any atom is -0.326 e. The van der Waals surface area contributed by atoms with Crippen LogP contribution >= 0.6 is 11.8 Å². The highest BCUT2D eigenvalue weighted by molar-refractivity contribution is 8.06. The minimum absolute atomic E-state index is 0.0828. The zero-order valence-corrected chi connectivity index (χ0v) is 16.7. The van der Waals surface area contributed by atoms with Gasteiger partial charge in [-0.25, -0.2) is 4.39 Å². The number of rotatable bonds is 6. The molecule has 0 heterocycles. The maximum Gasteiger partial charge on any atom is 0.272 e. The molecule has 1 atom stereocenters. The van der Waals surface area contributed by atoms with Gasteiger partial charge in [-0.15, -0.1) is 0 Å². The average Bonchev–Trinajstić information content (AvgIpc) is 2.57. The third-order valence-electron chi connectivity index (χ3n) is 2.58. The highest BCUT2D eigenvalue weighted by Gasteiger charge is 2.09. The lowest BCUT2D eigenvalue weighted by Crippen LogP contribution is -2.14. The van der Waals surface area contributed by atoms with Gasteiger partial charge >= 0.3 is 0 Å². The summed E-state index contributed by atoms with van der Waals surface area (Å²) in [5.74, 6) is -0.832. The average molecular weight is 386 g/mol. The zero-order chi connectivity index (χ0) is 20.7. The molecule has 1 aromatic rings. The topological polar surface area (TPSA) is 98.3 Å². The zero-order valence-electron chi connectivity index (χ0n) is 15.9. The molecule has 146 valence electrons. The van der Waals surface area contributed by atoms with Crippen molar-refractivity contribution < 1.29 is 14.1 Å². The van der Waals surface area contributed by atoms with Crippen LogP contribution in [0.4, 0.5) is 15.8 Å². The summed E-state index contributed by atoms with van der Waals surface area (Å²) in [6, 6.07) is 3.06. The molecule has 0 aliphatic heterocycles. The van der Waals surface area contributed by atoms with Crippen molar-refractivity contribution in [1.29, 1.82) is 0 Å². The summed E-state index contributed by atoms with van der Waals surface area (Å²) in [4.78, 5) is 21.7. The van der Waals surface area contributed by atoms with Crippen LogP contribution < -0.4 is 11.1 Å². The Morgan fingerprint density at radius 1 is 1.50 bits per heavy atom. The first-order chi connectivity index (χ1) is 12.1. The first-order valence-corrected chi connectivity index (χ1v) is 8.85. The smallest absolute Gasteiger partial charge is 0.272 e. The van der Waals surface area contributed by atoms with Crippen LogP contribution in [0.3, 0.4) is 0 Å². The summed E-state index contributed by atoms with van der Waals surface area (Å²) < 4.78 is 12.9. The molecule has 6 nitrogen and oxygen atoms in total. The number of hydrogen-bond donors (Lipinski definition) is 2. The van der Waals surface area contributed by atoms with Gasteiger partial charge in [-0.3, -0.25) is 14.9 Å². The van der Waals surface area contributed by atoms with Gasteiger partial charge in [0, 0.05) is 12.1 Å². The molecule has 0 aliphatic rings. The van der Waals surface area contributed by atoms with E-state index in [2.05, 4.69) is 38.7 Å². The molecule has 0 saturated carbocycles. The van der Waals surface area contributed by atoms with E-state index in [9.17, 15) is 19.3 Å². The van der Waals surface area contributed by atoms with Crippen molar-refractivity contribution >= 4 is 29.5 Å². The number of halogens is 1. The molecular weight excluding hydrogens is 357 g/mol. The number of thioether (sulfide) groups is 1. The van der Waals surface area contributed by atoms with Crippen LogP contribution in [-0.4, -0.2) is 17.4 Å². The molecular formula is C18H28FN3O3S. The van der Waals surface area contributed by atoms with Crippen molar-refractivity contribution in [3.8, 4) is 0 Å². The second kappa shape index (κ2) is 15.1. The van der Waals surface area contributed by atoms with E-state index < -0.39 is 10.7 Å². The van der Waals surface area contributed by atoms with Gasteiger partial charge in [-0.2, -0.15) is 0 Å². The number of hydrogen-bond acceptors (Lipinski definition) is 5. The predicted molar refractivity (Wildman–Crippen MR) is 109 cm³/mol. The van der Waals surface area contributed by atoms with Crippen LogP contribution in [-0.2, 0) is 4.79 Å². The van der Waals surface area contributed by atoms with Crippen molar-refractivity contribution in [3.05, 3.63) is 56.6 Å². The first kappa shape index (κ1) is 26.0. The molecule has 0 saturated heterocycles. The number of nitrogens with one attached hydrogen (secondary N) is 1. The van der Waals surface area contributed by atoms with Gasteiger partial charge in [-0.05, 0) is 36.6 Å². The summed E-state index contributed by atoms with van der Waals surface area (Å²) in [5, 5.41) is 12.2. The number of nitro groups is 1. The molecule has 8 heteroatoms. The molecule has 26 heavy (non-hydrogen) atoms. The van der Waals surface area contributed by atoms with Crippen molar-refractivity contribution in [2.75, 3.05) is 5.32 Å². The number of anilines is 1. The number of non-ortho nitro benzene ring substituents is 1. The van der Waals surface area contributed by atoms with Crippen LogP contribution in [0.1, 0.15) is 41.0 Å². The Hall–Kier alpha value is -2.19. The van der Waals surface area contributed by atoms with Crippen LogP contribution in [0.5, 0.6) is 0 Å². The molecule has 0 aliphatic carbocycles. The second-order valence-corrected chi connectivity index (χ2v) is 6.52. The molecule has 0 radical (unpaired) electrons. The summed E-state index contributed by atoms with van der Waals surface area (Å²) >= 11 is 1.65. The maximum absolute atomic E-state index is 12.9. The van der Waals surface area contributed by atoms with E-state index in [0.29, 0.717) is 6.41 Å². The fourth-order valence-electron chi connectivity index (χ4n) is 1.16. The van der Waals surface area contributed by atoms with Crippen molar-refractivity contribution in [1.82, 2.24) is 0 Å². The second-order valence-electron chi connectivity index (χ2n) is 5.15. The van der Waals surface area contributed by atoms with Crippen molar-refractivity contribution in [2.45, 2.75) is 47.1 Å². The number of amides is 1. The number of carbonyl (C=O) groups excluding carboxylic acids is 1. The third-order valence-corrected chi connectivity index (χ3v) is 3.78. The van der Waals surface area contributed by atoms with E-state index in [4.69, 9.17) is 5.73 Å². The van der Waals surface area contributed by atoms with Crippen LogP contribution in [0, 0.1) is 15.9 Å². The van der Waals surface area contributed by atoms with Crippen LogP contribution in [0.25, 0.3) is 0 Å². The van der Waals surface area contributed by atoms with Gasteiger partial charge in [0.05, 0.1) is 16.7 Å². The highest BCUT2D eigenvalue weighted by Crippen LogP contribution is 2.24. The summed E-state index contributed by atoms with van der Waals surface area (Å²) in [5.41, 5.74) is 5.16. The Balaban J connectivity index is 0. The number of carbonyl (C=O) groups is 1. The predicted octanol–water partition coefficient (Wildman–Crippen LogP) is 5.22. The van der Waals surface area contributed by atoms with E-state index in [-0.39, 0.29) is 17.4 Å². The normalized spacial score (nSPS) is 11.1. The van der Waals surface area contributed by atoms with Crippen molar-refractivity contribution in [2.24, 2.45) is 5.73 Å². The minimum atomic E-state index is -0.832. The Labute approximate surface area is 158 Å². The summed E-state index contributed by atoms with van der Waals surface area (Å²) in [7, 11) is 0. The quantitative estimate of drug-likeness (QED) is 0.397. The lowest BCUT2D eigenvalue weighted by molar-refractivity contribution is -0.385. The molecule has 1 unspecified atom stereocenters. The highest BCUT2D eigenvalue weighted by atomic mass is 32.2. The van der Waals surface area contributed by atoms with Gasteiger partial charge in [0.15, 0.2) is 5.82 Å². The van der Waals surface area contributed by atoms with Crippen molar-refractivity contribution in [3.63, 3.8) is 0 Å². The molecule has 1 aromatic carbocycles. The molecule has 0 fully saturated rings. The van der Waals surface area contributed by atoms with E-state index in [1.165, 1.54) is 11.3 Å². The monoisotopic (exact) mass is 385 g/mol. The number of nitrogens with zero attached hydrogens (tertiary/aromatic N) is 1. The fourth-order valence-corrected chi connectivity index (χ4v) is 1.87. The van der Waals surface area contributed by atoms with Gasteiger partial charge in [-0.1, -0.05) is 44.7 Å². The number of nitro benzene ring substituents is 1. The van der Waals surface area contributed by atoms with Crippen LogP contribution in [0.15, 0.2) is 40.7 Å². The lowest BCUT2D eigenvalue weighted by Gasteiger charge is -2.07. The summed E-state index contributed by atoms with van der Waals surface area (Å²) in [6.45, 7) is 14.1. The van der Waals surface area contributed by atoms with E-state index in [0.717, 1.165) is 23.1 Å². The third kappa shape index (κ3) is 12.2. The Morgan fingerprint density at radius 2 is 2.04 bits per heavy atom. The molecule has 0 bridgehead atoms. The molecule has 0 spiro atoms. The Morgan fingerprint density at radius 3 is 2.38 bits per heavy atom. The largest absolute Gasteiger partial charge is 0.326 e. The van der Waals surface area contributed by atoms with E-state index in [1.54, 1.807) is 11.8 Å².